The van der Waals surface area contributed by atoms with Crippen LogP contribution in [0.4, 0.5) is 0 Å². The van der Waals surface area contributed by atoms with Crippen molar-refractivity contribution in [3.63, 3.8) is 0 Å². The molecule has 0 radical (unpaired) electrons. The zero-order valence-electron chi connectivity index (χ0n) is 18.4. The van der Waals surface area contributed by atoms with Crippen LogP contribution in [0.3, 0.4) is 0 Å². The highest BCUT2D eigenvalue weighted by atomic mass is 16.5. The highest BCUT2D eigenvalue weighted by molar-refractivity contribution is 4.91. The first-order valence-corrected chi connectivity index (χ1v) is 9.95. The Morgan fingerprint density at radius 3 is 2.08 bits per heavy atom. The van der Waals surface area contributed by atoms with Gasteiger partial charge >= 0.3 is 0 Å². The third-order valence-corrected chi connectivity index (χ3v) is 5.44. The SMILES string of the molecule is C=CCOCC(CC(C)(C)C(C)(C)OC(C)CCC)OC(C)(C)CC. The summed E-state index contributed by atoms with van der Waals surface area (Å²) in [7, 11) is 0. The van der Waals surface area contributed by atoms with Crippen molar-refractivity contribution >= 4 is 0 Å². The molecule has 3 nitrogen and oxygen atoms in total. The van der Waals surface area contributed by atoms with Gasteiger partial charge in [-0.1, -0.05) is 40.2 Å². The standard InChI is InChI=1S/C22H44O3/c1-11-14-18(4)24-22(9,10)20(5,6)16-19(17-23-15-12-2)25-21(7,8)13-3/h12,18-19H,2,11,13-17H2,1,3-10H3. The van der Waals surface area contributed by atoms with E-state index in [1.54, 1.807) is 6.08 Å². The molecule has 0 rings (SSSR count). The second-order valence-electron chi connectivity index (χ2n) is 8.99. The van der Waals surface area contributed by atoms with Gasteiger partial charge in [-0.25, -0.2) is 0 Å². The van der Waals surface area contributed by atoms with Crippen molar-refractivity contribution in [1.29, 1.82) is 0 Å². The molecule has 150 valence electrons. The van der Waals surface area contributed by atoms with E-state index in [1.807, 2.05) is 0 Å². The average molecular weight is 357 g/mol. The van der Waals surface area contributed by atoms with Gasteiger partial charge in [0, 0.05) is 0 Å². The van der Waals surface area contributed by atoms with Gasteiger partial charge < -0.3 is 14.2 Å². The third kappa shape index (κ3) is 9.21. The first-order chi connectivity index (χ1) is 11.4. The predicted octanol–water partition coefficient (Wildman–Crippen LogP) is 6.16. The lowest BCUT2D eigenvalue weighted by atomic mass is 9.73. The summed E-state index contributed by atoms with van der Waals surface area (Å²) in [6.45, 7) is 24.6. The molecule has 0 N–H and O–H groups in total. The Morgan fingerprint density at radius 2 is 1.60 bits per heavy atom. The maximum Gasteiger partial charge on any atom is 0.0822 e. The quantitative estimate of drug-likeness (QED) is 0.275. The molecule has 0 spiro atoms. The predicted molar refractivity (Wildman–Crippen MR) is 108 cm³/mol. The van der Waals surface area contributed by atoms with Gasteiger partial charge in [-0.15, -0.1) is 6.58 Å². The third-order valence-electron chi connectivity index (χ3n) is 5.44. The zero-order valence-corrected chi connectivity index (χ0v) is 18.4. The van der Waals surface area contributed by atoms with Crippen LogP contribution in [0.15, 0.2) is 12.7 Å². The molecular weight excluding hydrogens is 312 g/mol. The van der Waals surface area contributed by atoms with Gasteiger partial charge in [0.25, 0.3) is 0 Å². The lowest BCUT2D eigenvalue weighted by Crippen LogP contribution is -2.47. The second kappa shape index (κ2) is 10.7. The molecular formula is C22H44O3. The Labute approximate surface area is 157 Å². The summed E-state index contributed by atoms with van der Waals surface area (Å²) < 4.78 is 18.5. The Kier molecular flexibility index (Phi) is 10.5. The van der Waals surface area contributed by atoms with E-state index in [1.165, 1.54) is 0 Å². The molecule has 0 amide bonds. The lowest BCUT2D eigenvalue weighted by molar-refractivity contribution is -0.166. The fourth-order valence-electron chi connectivity index (χ4n) is 2.89. The summed E-state index contributed by atoms with van der Waals surface area (Å²) in [4.78, 5) is 0. The minimum absolute atomic E-state index is 0.0363. The van der Waals surface area contributed by atoms with E-state index in [0.29, 0.717) is 13.2 Å². The van der Waals surface area contributed by atoms with Gasteiger partial charge in [0.2, 0.25) is 0 Å². The van der Waals surface area contributed by atoms with Crippen LogP contribution in [0.5, 0.6) is 0 Å². The van der Waals surface area contributed by atoms with Gasteiger partial charge in [0.15, 0.2) is 0 Å². The Morgan fingerprint density at radius 1 is 1.00 bits per heavy atom. The van der Waals surface area contributed by atoms with Gasteiger partial charge in [-0.3, -0.25) is 0 Å². The van der Waals surface area contributed by atoms with Gasteiger partial charge in [-0.05, 0) is 59.3 Å². The summed E-state index contributed by atoms with van der Waals surface area (Å²) >= 11 is 0. The highest BCUT2D eigenvalue weighted by Gasteiger charge is 2.41. The number of ether oxygens (including phenoxy) is 3. The van der Waals surface area contributed by atoms with E-state index in [4.69, 9.17) is 14.2 Å². The molecule has 0 aliphatic carbocycles. The summed E-state index contributed by atoms with van der Waals surface area (Å²) in [6.07, 6.45) is 6.18. The van der Waals surface area contributed by atoms with Gasteiger partial charge in [-0.2, -0.15) is 0 Å². The van der Waals surface area contributed by atoms with Crippen LogP contribution in [0.1, 0.15) is 88.0 Å². The van der Waals surface area contributed by atoms with Crippen LogP contribution in [0.2, 0.25) is 0 Å². The van der Waals surface area contributed by atoms with Gasteiger partial charge in [0.05, 0.1) is 36.6 Å². The maximum atomic E-state index is 6.41. The van der Waals surface area contributed by atoms with Crippen molar-refractivity contribution in [2.75, 3.05) is 13.2 Å². The number of rotatable bonds is 14. The van der Waals surface area contributed by atoms with E-state index in [0.717, 1.165) is 25.7 Å². The average Bonchev–Trinajstić information content (AvgIpc) is 2.46. The van der Waals surface area contributed by atoms with Crippen molar-refractivity contribution in [2.45, 2.75) is 111 Å². The summed E-state index contributed by atoms with van der Waals surface area (Å²) in [5.41, 5.74) is -0.433. The molecule has 0 fully saturated rings. The Balaban J connectivity index is 5.09. The Bertz CT molecular complexity index is 371. The fraction of sp³-hybridized carbons (Fsp3) is 0.909. The van der Waals surface area contributed by atoms with Crippen LogP contribution in [0.25, 0.3) is 0 Å². The van der Waals surface area contributed by atoms with Crippen LogP contribution in [-0.4, -0.2) is 36.6 Å². The van der Waals surface area contributed by atoms with Crippen LogP contribution in [0, 0.1) is 5.41 Å². The van der Waals surface area contributed by atoms with E-state index in [-0.39, 0.29) is 28.8 Å². The van der Waals surface area contributed by atoms with Crippen molar-refractivity contribution in [3.05, 3.63) is 12.7 Å². The largest absolute Gasteiger partial charge is 0.375 e. The smallest absolute Gasteiger partial charge is 0.0822 e. The molecule has 0 heterocycles. The molecule has 25 heavy (non-hydrogen) atoms. The van der Waals surface area contributed by atoms with Crippen molar-refractivity contribution < 1.29 is 14.2 Å². The minimum atomic E-state index is -0.238. The molecule has 2 atom stereocenters. The Hall–Kier alpha value is -0.380. The maximum absolute atomic E-state index is 6.41. The monoisotopic (exact) mass is 356 g/mol. The topological polar surface area (TPSA) is 27.7 Å². The molecule has 0 aliphatic rings. The first-order valence-electron chi connectivity index (χ1n) is 9.95. The molecule has 0 bridgehead atoms. The molecule has 0 saturated carbocycles. The fourth-order valence-corrected chi connectivity index (χ4v) is 2.89. The molecule has 0 aromatic rings. The van der Waals surface area contributed by atoms with Crippen molar-refractivity contribution in [3.8, 4) is 0 Å². The molecule has 0 aromatic carbocycles. The zero-order chi connectivity index (χ0) is 19.7. The summed E-state index contributed by atoms with van der Waals surface area (Å²) in [6, 6.07) is 0. The lowest BCUT2D eigenvalue weighted by Gasteiger charge is -2.45. The van der Waals surface area contributed by atoms with Crippen molar-refractivity contribution in [2.24, 2.45) is 5.41 Å². The number of hydrogen-bond acceptors (Lipinski definition) is 3. The highest BCUT2D eigenvalue weighted by Crippen LogP contribution is 2.40. The van der Waals surface area contributed by atoms with E-state index < -0.39 is 0 Å². The van der Waals surface area contributed by atoms with Crippen molar-refractivity contribution in [1.82, 2.24) is 0 Å². The second-order valence-corrected chi connectivity index (χ2v) is 8.99. The first kappa shape index (κ1) is 24.6. The molecule has 0 saturated heterocycles. The van der Waals surface area contributed by atoms with E-state index in [9.17, 15) is 0 Å². The normalized spacial score (nSPS) is 15.9. The molecule has 2 unspecified atom stereocenters. The van der Waals surface area contributed by atoms with Gasteiger partial charge in [0.1, 0.15) is 0 Å². The molecule has 0 aromatic heterocycles. The summed E-state index contributed by atoms with van der Waals surface area (Å²) in [5.74, 6) is 0. The minimum Gasteiger partial charge on any atom is -0.375 e. The van der Waals surface area contributed by atoms with E-state index >= 15 is 0 Å². The summed E-state index contributed by atoms with van der Waals surface area (Å²) in [5, 5.41) is 0. The molecule has 3 heteroatoms. The van der Waals surface area contributed by atoms with Crippen LogP contribution >= 0.6 is 0 Å². The van der Waals surface area contributed by atoms with E-state index in [2.05, 4.69) is 68.9 Å². The van der Waals surface area contributed by atoms with Crippen LogP contribution < -0.4 is 0 Å². The number of hydrogen-bond donors (Lipinski definition) is 0. The van der Waals surface area contributed by atoms with Crippen LogP contribution in [-0.2, 0) is 14.2 Å². The molecule has 0 aliphatic heterocycles.